The molecule has 1 saturated carbocycles. The van der Waals surface area contributed by atoms with Crippen LogP contribution >= 0.6 is 0 Å². The van der Waals surface area contributed by atoms with Crippen molar-refractivity contribution >= 4 is 16.7 Å². The van der Waals surface area contributed by atoms with Gasteiger partial charge in [-0.2, -0.15) is 5.10 Å². The number of fused-ring (bicyclic) bond motifs is 2. The Morgan fingerprint density at radius 2 is 1.88 bits per heavy atom. The van der Waals surface area contributed by atoms with Crippen LogP contribution in [0.1, 0.15) is 32.6 Å². The number of nitrogens with one attached hydrogen (secondary N) is 1. The van der Waals surface area contributed by atoms with Crippen LogP contribution in [0.15, 0.2) is 30.5 Å². The topological polar surface area (TPSA) is 68.1 Å². The van der Waals surface area contributed by atoms with Crippen molar-refractivity contribution in [1.82, 2.24) is 24.9 Å². The Balaban J connectivity index is 1.09. The Labute approximate surface area is 196 Å². The number of nitrogens with zero attached hydrogens (tertiary/aromatic N) is 5. The molecule has 2 saturated heterocycles. The fraction of sp³-hybridized carbons (Fsp3) is 0.577. The van der Waals surface area contributed by atoms with Crippen molar-refractivity contribution in [3.05, 3.63) is 36.0 Å². The number of rotatable bonds is 5. The van der Waals surface area contributed by atoms with Crippen LogP contribution in [0.3, 0.4) is 0 Å². The van der Waals surface area contributed by atoms with Crippen molar-refractivity contribution in [2.24, 2.45) is 24.8 Å². The lowest BCUT2D eigenvalue weighted by atomic mass is 10.00. The first kappa shape index (κ1) is 19.9. The van der Waals surface area contributed by atoms with Crippen LogP contribution in [-0.4, -0.2) is 63.7 Å². The summed E-state index contributed by atoms with van der Waals surface area (Å²) in [5, 5.41) is 18.0. The quantitative estimate of drug-likeness (QED) is 0.640. The molecule has 33 heavy (non-hydrogen) atoms. The third-order valence-corrected chi connectivity index (χ3v) is 7.85. The van der Waals surface area contributed by atoms with Gasteiger partial charge in [-0.1, -0.05) is 6.07 Å². The maximum absolute atomic E-state index is 9.06. The molecule has 1 aliphatic carbocycles. The third kappa shape index (κ3) is 4.24. The molecule has 3 aliphatic rings. The molecule has 6 rings (SSSR count). The summed E-state index contributed by atoms with van der Waals surface area (Å²) >= 11 is 0. The van der Waals surface area contributed by atoms with Gasteiger partial charge in [0.15, 0.2) is 0 Å². The molecule has 7 heteroatoms. The zero-order valence-corrected chi connectivity index (χ0v) is 19.6. The summed E-state index contributed by atoms with van der Waals surface area (Å²) in [6.45, 7) is 7.40. The average Bonchev–Trinajstić information content (AvgIpc) is 3.46. The van der Waals surface area contributed by atoms with Crippen molar-refractivity contribution in [3.8, 4) is 11.3 Å². The molecule has 174 valence electrons. The Bertz CT molecular complexity index is 1160. The second-order valence-electron chi connectivity index (χ2n) is 10.2. The van der Waals surface area contributed by atoms with Gasteiger partial charge in [-0.25, -0.2) is 0 Å². The lowest BCUT2D eigenvalue weighted by Crippen LogP contribution is -2.32. The van der Waals surface area contributed by atoms with E-state index in [0.29, 0.717) is 17.7 Å². The van der Waals surface area contributed by atoms with E-state index < -0.39 is 6.02 Å². The highest BCUT2D eigenvalue weighted by Crippen LogP contribution is 2.39. The van der Waals surface area contributed by atoms with Gasteiger partial charge in [-0.3, -0.25) is 4.68 Å². The number of likely N-dealkylation sites (tertiary alicyclic amines) is 1. The van der Waals surface area contributed by atoms with Crippen LogP contribution in [0.4, 0.5) is 5.82 Å². The highest BCUT2D eigenvalue weighted by Gasteiger charge is 2.41. The van der Waals surface area contributed by atoms with E-state index in [1.54, 1.807) is 0 Å². The van der Waals surface area contributed by atoms with E-state index in [4.69, 9.17) is 6.11 Å². The van der Waals surface area contributed by atoms with E-state index in [1.165, 1.54) is 19.4 Å². The zero-order valence-electron chi connectivity index (χ0n) is 20.6. The number of anilines is 1. The molecular formula is C26H34N6O. The third-order valence-electron chi connectivity index (χ3n) is 7.85. The van der Waals surface area contributed by atoms with Crippen LogP contribution < -0.4 is 5.32 Å². The molecule has 2 aromatic heterocycles. The van der Waals surface area contributed by atoms with Gasteiger partial charge >= 0.3 is 0 Å². The van der Waals surface area contributed by atoms with Crippen molar-refractivity contribution in [1.29, 1.82) is 0 Å². The Hall–Kier alpha value is -2.51. The first-order valence-corrected chi connectivity index (χ1v) is 12.3. The minimum absolute atomic E-state index is 0.603. The molecule has 2 unspecified atom stereocenters. The van der Waals surface area contributed by atoms with Gasteiger partial charge in [-0.05, 0) is 74.1 Å². The number of hydrogen-bond donors (Lipinski definition) is 1. The zero-order chi connectivity index (χ0) is 23.3. The largest absolute Gasteiger partial charge is 0.381 e. The van der Waals surface area contributed by atoms with Crippen LogP contribution in [0.5, 0.6) is 0 Å². The van der Waals surface area contributed by atoms with E-state index in [0.717, 1.165) is 72.8 Å². The second-order valence-corrected chi connectivity index (χ2v) is 10.2. The summed E-state index contributed by atoms with van der Waals surface area (Å²) in [5.41, 5.74) is 4.07. The average molecular weight is 448 g/mol. The van der Waals surface area contributed by atoms with Gasteiger partial charge in [0.25, 0.3) is 0 Å². The molecule has 0 amide bonds. The Kier molecular flexibility index (Phi) is 5.24. The molecule has 1 N–H and O–H groups in total. The monoisotopic (exact) mass is 447 g/mol. The molecular weight excluding hydrogens is 412 g/mol. The first-order valence-electron chi connectivity index (χ1n) is 12.8. The molecule has 4 heterocycles. The minimum atomic E-state index is -0.652. The summed E-state index contributed by atoms with van der Waals surface area (Å²) in [4.78, 5) is 2.64. The van der Waals surface area contributed by atoms with Crippen LogP contribution in [0, 0.1) is 24.7 Å². The Morgan fingerprint density at radius 1 is 1.09 bits per heavy atom. The van der Waals surface area contributed by atoms with Gasteiger partial charge in [-0.15, -0.1) is 10.2 Å². The van der Waals surface area contributed by atoms with E-state index in [2.05, 4.69) is 38.5 Å². The van der Waals surface area contributed by atoms with Crippen molar-refractivity contribution in [2.45, 2.75) is 38.6 Å². The summed E-state index contributed by atoms with van der Waals surface area (Å²) in [7, 11) is 1.94. The highest BCUT2D eigenvalue weighted by molar-refractivity contribution is 5.88. The van der Waals surface area contributed by atoms with Crippen LogP contribution in [0.2, 0.25) is 0 Å². The first-order chi connectivity index (χ1) is 16.5. The molecule has 1 aromatic carbocycles. The normalized spacial score (nSPS) is 28.8. The van der Waals surface area contributed by atoms with Gasteiger partial charge in [0.05, 0.1) is 12.6 Å². The van der Waals surface area contributed by atoms with E-state index >= 15 is 0 Å². The molecule has 3 fully saturated rings. The van der Waals surface area contributed by atoms with Crippen molar-refractivity contribution in [3.63, 3.8) is 0 Å². The number of ether oxygens (including phenoxy) is 1. The van der Waals surface area contributed by atoms with Gasteiger partial charge in [0, 0.05) is 63.1 Å². The lowest BCUT2D eigenvalue weighted by Gasteiger charge is -2.27. The van der Waals surface area contributed by atoms with Crippen molar-refractivity contribution < 1.29 is 6.11 Å². The number of benzene rings is 1. The molecule has 3 aromatic rings. The molecule has 2 atom stereocenters. The maximum atomic E-state index is 9.06. The van der Waals surface area contributed by atoms with Gasteiger partial charge in [0.1, 0.15) is 5.82 Å². The number of aryl methyl sites for hydroxylation is 2. The van der Waals surface area contributed by atoms with Crippen molar-refractivity contribution in [2.75, 3.05) is 38.2 Å². The molecule has 2 aliphatic heterocycles. The van der Waals surface area contributed by atoms with E-state index in [-0.39, 0.29) is 0 Å². The van der Waals surface area contributed by atoms with Crippen LogP contribution in [-0.2, 0) is 11.8 Å². The number of hydrogen-bond acceptors (Lipinski definition) is 6. The standard InChI is InChI=1S/C26H34N6O/c1-17-22(3-4-25-23(17)16-31(2)30-25)24-5-6-26(29-28-24)27-21-11-19-14-32(15-20(19)12-21)13-18-7-9-33-10-8-18/h3-6,16,18-21H,7-15H2,1-2H3,(H,27,29)/i21D. The summed E-state index contributed by atoms with van der Waals surface area (Å²) in [6, 6.07) is 7.43. The van der Waals surface area contributed by atoms with E-state index in [9.17, 15) is 0 Å². The maximum Gasteiger partial charge on any atom is 0.148 e. The second kappa shape index (κ2) is 8.69. The summed E-state index contributed by atoms with van der Waals surface area (Å²) < 4.78 is 16.4. The van der Waals surface area contributed by atoms with E-state index in [1.807, 2.05) is 36.1 Å². The summed E-state index contributed by atoms with van der Waals surface area (Å²) in [5.74, 6) is 2.68. The number of aromatic nitrogens is 4. The highest BCUT2D eigenvalue weighted by atomic mass is 16.5. The summed E-state index contributed by atoms with van der Waals surface area (Å²) in [6.07, 6.45) is 6.19. The predicted octanol–water partition coefficient (Wildman–Crippen LogP) is 3.89. The Morgan fingerprint density at radius 3 is 2.61 bits per heavy atom. The van der Waals surface area contributed by atoms with Crippen LogP contribution in [0.25, 0.3) is 22.2 Å². The fourth-order valence-electron chi connectivity index (χ4n) is 6.11. The minimum Gasteiger partial charge on any atom is -0.381 e. The molecule has 0 radical (unpaired) electrons. The van der Waals surface area contributed by atoms with Gasteiger partial charge < -0.3 is 15.0 Å². The van der Waals surface area contributed by atoms with Gasteiger partial charge in [0.2, 0.25) is 0 Å². The molecule has 0 spiro atoms. The molecule has 7 nitrogen and oxygen atoms in total. The lowest BCUT2D eigenvalue weighted by molar-refractivity contribution is 0.0545. The SMILES string of the molecule is [2H]C1(Nc2ccc(-c3ccc4nn(C)cc4c3C)nn2)CC2CN(CC3CCOCC3)CC2C1. The fourth-order valence-corrected chi connectivity index (χ4v) is 6.11. The predicted molar refractivity (Wildman–Crippen MR) is 130 cm³/mol. The molecule has 0 bridgehead atoms. The smallest absolute Gasteiger partial charge is 0.148 e.